The van der Waals surface area contributed by atoms with Crippen molar-refractivity contribution >= 4 is 16.8 Å². The van der Waals surface area contributed by atoms with Gasteiger partial charge in [0.05, 0.1) is 11.7 Å². The van der Waals surface area contributed by atoms with Crippen LogP contribution in [-0.4, -0.2) is 52.2 Å². The van der Waals surface area contributed by atoms with E-state index in [1.54, 1.807) is 23.0 Å². The number of carbonyl (C=O) groups excluding carboxylic acids is 1. The molecular formula is C22H23FN4O. The lowest BCUT2D eigenvalue weighted by atomic mass is 9.89. The zero-order chi connectivity index (χ0) is 19.3. The molecule has 3 atom stereocenters. The number of likely N-dealkylation sites (tertiary alicyclic amines) is 2. The van der Waals surface area contributed by atoms with Crippen molar-refractivity contribution in [2.75, 3.05) is 26.7 Å². The predicted octanol–water partition coefficient (Wildman–Crippen LogP) is 2.94. The van der Waals surface area contributed by atoms with E-state index in [9.17, 15) is 9.18 Å². The number of aromatic nitrogens is 2. The number of carbonyl (C=O) groups is 1. The van der Waals surface area contributed by atoms with Gasteiger partial charge in [0.1, 0.15) is 12.4 Å². The molecule has 3 heterocycles. The lowest BCUT2D eigenvalue weighted by Crippen LogP contribution is -2.35. The van der Waals surface area contributed by atoms with Crippen molar-refractivity contribution in [3.05, 3.63) is 66.1 Å². The molecule has 144 valence electrons. The summed E-state index contributed by atoms with van der Waals surface area (Å²) in [6.45, 7) is 2.67. The number of nitrogens with zero attached hydrogens (tertiary/aromatic N) is 4. The van der Waals surface area contributed by atoms with Crippen molar-refractivity contribution in [2.24, 2.45) is 11.8 Å². The lowest BCUT2D eigenvalue weighted by Gasteiger charge is -2.27. The molecule has 2 aliphatic rings. The van der Waals surface area contributed by atoms with Crippen LogP contribution in [0.5, 0.6) is 0 Å². The van der Waals surface area contributed by atoms with E-state index in [4.69, 9.17) is 0 Å². The number of para-hydroxylation sites is 1. The van der Waals surface area contributed by atoms with Crippen LogP contribution in [0, 0.1) is 17.7 Å². The average molecular weight is 378 g/mol. The van der Waals surface area contributed by atoms with Gasteiger partial charge in [-0.05, 0) is 36.7 Å². The van der Waals surface area contributed by atoms with Crippen LogP contribution >= 0.6 is 0 Å². The van der Waals surface area contributed by atoms with Gasteiger partial charge in [-0.15, -0.1) is 0 Å². The minimum atomic E-state index is -0.203. The highest BCUT2D eigenvalue weighted by molar-refractivity contribution is 5.82. The predicted molar refractivity (Wildman–Crippen MR) is 105 cm³/mol. The first-order valence-corrected chi connectivity index (χ1v) is 9.74. The zero-order valence-electron chi connectivity index (χ0n) is 15.8. The van der Waals surface area contributed by atoms with Crippen LogP contribution in [0.3, 0.4) is 0 Å². The lowest BCUT2D eigenvalue weighted by molar-refractivity contribution is -0.131. The maximum atomic E-state index is 13.7. The number of benzene rings is 2. The summed E-state index contributed by atoms with van der Waals surface area (Å²) in [6.07, 6.45) is 1.80. The molecular weight excluding hydrogens is 355 g/mol. The van der Waals surface area contributed by atoms with Gasteiger partial charge in [0, 0.05) is 37.0 Å². The quantitative estimate of drug-likeness (QED) is 0.704. The molecule has 3 aromatic rings. The highest BCUT2D eigenvalue weighted by Gasteiger charge is 2.47. The van der Waals surface area contributed by atoms with Gasteiger partial charge in [-0.3, -0.25) is 14.4 Å². The molecule has 0 saturated carbocycles. The second-order valence-electron chi connectivity index (χ2n) is 8.02. The van der Waals surface area contributed by atoms with Crippen molar-refractivity contribution in [1.29, 1.82) is 0 Å². The Bertz CT molecular complexity index is 1030. The van der Waals surface area contributed by atoms with Crippen LogP contribution in [0.4, 0.5) is 4.39 Å². The maximum Gasteiger partial charge on any atom is 0.244 e. The van der Waals surface area contributed by atoms with Crippen LogP contribution in [0.2, 0.25) is 0 Å². The molecule has 5 nitrogen and oxygen atoms in total. The molecule has 2 fully saturated rings. The summed E-state index contributed by atoms with van der Waals surface area (Å²) >= 11 is 0. The maximum absolute atomic E-state index is 13.7. The SMILES string of the molecule is CN1C[C@H]2CN(C(=O)Cn3ncc4ccccc43)C[C@H]2[C@@H]1c1cccc(F)c1. The minimum absolute atomic E-state index is 0.101. The van der Waals surface area contributed by atoms with Crippen LogP contribution in [0.1, 0.15) is 11.6 Å². The van der Waals surface area contributed by atoms with E-state index in [0.717, 1.165) is 29.6 Å². The van der Waals surface area contributed by atoms with E-state index in [0.29, 0.717) is 18.4 Å². The van der Waals surface area contributed by atoms with Gasteiger partial charge in [0.25, 0.3) is 0 Å². The van der Waals surface area contributed by atoms with Crippen LogP contribution in [0.25, 0.3) is 10.9 Å². The first-order chi connectivity index (χ1) is 13.6. The molecule has 6 heteroatoms. The summed E-state index contributed by atoms with van der Waals surface area (Å²) in [6, 6.07) is 15.0. The van der Waals surface area contributed by atoms with Gasteiger partial charge < -0.3 is 4.90 Å². The van der Waals surface area contributed by atoms with E-state index >= 15 is 0 Å². The summed E-state index contributed by atoms with van der Waals surface area (Å²) in [5.41, 5.74) is 1.98. The van der Waals surface area contributed by atoms with Gasteiger partial charge in [-0.2, -0.15) is 5.10 Å². The highest BCUT2D eigenvalue weighted by atomic mass is 19.1. The number of rotatable bonds is 3. The van der Waals surface area contributed by atoms with E-state index in [1.807, 2.05) is 35.2 Å². The molecule has 0 radical (unpaired) electrons. The van der Waals surface area contributed by atoms with Gasteiger partial charge >= 0.3 is 0 Å². The number of amides is 1. The first-order valence-electron chi connectivity index (χ1n) is 9.74. The third-order valence-electron chi connectivity index (χ3n) is 6.27. The third kappa shape index (κ3) is 2.88. The van der Waals surface area contributed by atoms with Gasteiger partial charge in [0.15, 0.2) is 0 Å². The van der Waals surface area contributed by atoms with Crippen molar-refractivity contribution < 1.29 is 9.18 Å². The molecule has 1 aromatic heterocycles. The molecule has 5 rings (SSSR count). The number of hydrogen-bond acceptors (Lipinski definition) is 3. The molecule has 2 aromatic carbocycles. The monoisotopic (exact) mass is 378 g/mol. The summed E-state index contributed by atoms with van der Waals surface area (Å²) in [4.78, 5) is 17.2. The van der Waals surface area contributed by atoms with E-state index in [1.165, 1.54) is 6.07 Å². The van der Waals surface area contributed by atoms with Gasteiger partial charge in [-0.1, -0.05) is 30.3 Å². The third-order valence-corrected chi connectivity index (χ3v) is 6.27. The van der Waals surface area contributed by atoms with E-state index in [-0.39, 0.29) is 24.3 Å². The Labute approximate surface area is 163 Å². The fourth-order valence-electron chi connectivity index (χ4n) is 5.03. The number of halogens is 1. The van der Waals surface area contributed by atoms with Crippen LogP contribution < -0.4 is 0 Å². The molecule has 2 saturated heterocycles. The average Bonchev–Trinajstić information content (AvgIpc) is 3.34. The van der Waals surface area contributed by atoms with Crippen molar-refractivity contribution in [1.82, 2.24) is 19.6 Å². The zero-order valence-corrected chi connectivity index (χ0v) is 15.8. The number of fused-ring (bicyclic) bond motifs is 2. The first kappa shape index (κ1) is 17.4. The second kappa shape index (κ2) is 6.71. The Hall–Kier alpha value is -2.73. The normalized spacial score (nSPS) is 24.8. The number of hydrogen-bond donors (Lipinski definition) is 0. The summed E-state index contributed by atoms with van der Waals surface area (Å²) in [7, 11) is 2.09. The summed E-state index contributed by atoms with van der Waals surface area (Å²) in [5, 5.41) is 5.43. The summed E-state index contributed by atoms with van der Waals surface area (Å²) in [5.74, 6) is 0.663. The molecule has 1 amide bonds. The van der Waals surface area contributed by atoms with Crippen molar-refractivity contribution in [2.45, 2.75) is 12.6 Å². The largest absolute Gasteiger partial charge is 0.340 e. The van der Waals surface area contributed by atoms with Crippen LogP contribution in [-0.2, 0) is 11.3 Å². The molecule has 28 heavy (non-hydrogen) atoms. The Morgan fingerprint density at radius 2 is 2.00 bits per heavy atom. The fourth-order valence-corrected chi connectivity index (χ4v) is 5.03. The van der Waals surface area contributed by atoms with Crippen molar-refractivity contribution in [3.8, 4) is 0 Å². The second-order valence-corrected chi connectivity index (χ2v) is 8.02. The molecule has 0 unspecified atom stereocenters. The van der Waals surface area contributed by atoms with E-state index < -0.39 is 0 Å². The van der Waals surface area contributed by atoms with Crippen LogP contribution in [0.15, 0.2) is 54.7 Å². The molecule has 0 N–H and O–H groups in total. The Balaban J connectivity index is 1.33. The molecule has 2 aliphatic heterocycles. The Morgan fingerprint density at radius 1 is 1.14 bits per heavy atom. The summed E-state index contributed by atoms with van der Waals surface area (Å²) < 4.78 is 15.5. The molecule has 0 bridgehead atoms. The van der Waals surface area contributed by atoms with Crippen molar-refractivity contribution in [3.63, 3.8) is 0 Å². The van der Waals surface area contributed by atoms with Gasteiger partial charge in [-0.25, -0.2) is 4.39 Å². The Kier molecular flexibility index (Phi) is 4.16. The van der Waals surface area contributed by atoms with E-state index in [2.05, 4.69) is 17.0 Å². The Morgan fingerprint density at radius 3 is 2.86 bits per heavy atom. The van der Waals surface area contributed by atoms with Gasteiger partial charge in [0.2, 0.25) is 5.91 Å². The molecule has 0 spiro atoms. The minimum Gasteiger partial charge on any atom is -0.340 e. The topological polar surface area (TPSA) is 41.4 Å². The highest BCUT2D eigenvalue weighted by Crippen LogP contribution is 2.44. The standard InChI is InChI=1S/C22H23FN4O/c1-25-11-17-12-26(13-19(17)22(25)15-6-4-7-18(23)9-15)21(28)14-27-20-8-3-2-5-16(20)10-24-27/h2-10,17,19,22H,11-14H2,1H3/t17-,19+,22-/m0/s1. The fraction of sp³-hybridized carbons (Fsp3) is 0.364. The smallest absolute Gasteiger partial charge is 0.244 e. The molecule has 0 aliphatic carbocycles.